The van der Waals surface area contributed by atoms with E-state index in [0.29, 0.717) is 17.4 Å². The predicted molar refractivity (Wildman–Crippen MR) is 113 cm³/mol. The van der Waals surface area contributed by atoms with Crippen molar-refractivity contribution >= 4 is 33.1 Å². The number of thiophene rings is 1. The van der Waals surface area contributed by atoms with Crippen LogP contribution >= 0.6 is 11.3 Å². The molecule has 0 radical (unpaired) electrons. The molecule has 136 valence electrons. The van der Waals surface area contributed by atoms with Gasteiger partial charge in [0.15, 0.2) is 0 Å². The van der Waals surface area contributed by atoms with Gasteiger partial charge in [-0.2, -0.15) is 0 Å². The van der Waals surface area contributed by atoms with Gasteiger partial charge in [-0.15, -0.1) is 11.3 Å². The zero-order chi connectivity index (χ0) is 19.0. The predicted octanol–water partition coefficient (Wildman–Crippen LogP) is 6.24. The number of rotatable bonds is 4. The van der Waals surface area contributed by atoms with Gasteiger partial charge in [0, 0.05) is 10.4 Å². The molecule has 0 unspecified atom stereocenters. The number of benzene rings is 2. The monoisotopic (exact) mass is 375 g/mol. The van der Waals surface area contributed by atoms with Crippen molar-refractivity contribution in [2.75, 3.05) is 5.32 Å². The van der Waals surface area contributed by atoms with Gasteiger partial charge in [0.1, 0.15) is 22.7 Å². The van der Waals surface area contributed by atoms with E-state index in [0.717, 1.165) is 21.3 Å². The maximum atomic E-state index is 10.1. The van der Waals surface area contributed by atoms with Crippen LogP contribution in [0.25, 0.3) is 21.3 Å². The van der Waals surface area contributed by atoms with E-state index in [1.165, 1.54) is 10.4 Å². The lowest BCUT2D eigenvalue weighted by molar-refractivity contribution is 0.478. The molecule has 0 fully saturated rings. The van der Waals surface area contributed by atoms with Crippen LogP contribution in [-0.4, -0.2) is 15.1 Å². The minimum atomic E-state index is 0.194. The van der Waals surface area contributed by atoms with E-state index in [9.17, 15) is 5.11 Å². The van der Waals surface area contributed by atoms with Crippen LogP contribution < -0.4 is 5.32 Å². The summed E-state index contributed by atoms with van der Waals surface area (Å²) in [4.78, 5) is 11.1. The molecule has 5 heteroatoms. The molecule has 4 rings (SSSR count). The number of para-hydroxylation sites is 2. The number of hydrogen-bond acceptors (Lipinski definition) is 5. The molecule has 4 nitrogen and oxygen atoms in total. The number of aryl methyl sites for hydroxylation is 1. The highest BCUT2D eigenvalue weighted by Gasteiger charge is 2.17. The molecule has 27 heavy (non-hydrogen) atoms. The number of anilines is 2. The van der Waals surface area contributed by atoms with Gasteiger partial charge in [0.25, 0.3) is 0 Å². The van der Waals surface area contributed by atoms with Crippen molar-refractivity contribution in [1.82, 2.24) is 9.97 Å². The summed E-state index contributed by atoms with van der Waals surface area (Å²) in [5, 5.41) is 14.4. The maximum absolute atomic E-state index is 10.1. The smallest absolute Gasteiger partial charge is 0.143 e. The molecular weight excluding hydrogens is 354 g/mol. The molecule has 2 aromatic heterocycles. The van der Waals surface area contributed by atoms with Crippen molar-refractivity contribution in [1.29, 1.82) is 0 Å². The lowest BCUT2D eigenvalue weighted by Crippen LogP contribution is -1.96. The molecule has 4 aromatic rings. The molecule has 0 amide bonds. The Hall–Kier alpha value is -2.92. The van der Waals surface area contributed by atoms with Gasteiger partial charge in [0.2, 0.25) is 0 Å². The van der Waals surface area contributed by atoms with Crippen LogP contribution in [0, 0.1) is 6.92 Å². The number of aromatic nitrogens is 2. The lowest BCUT2D eigenvalue weighted by atomic mass is 9.98. The highest BCUT2D eigenvalue weighted by atomic mass is 32.1. The fourth-order valence-corrected chi connectivity index (χ4v) is 4.24. The van der Waals surface area contributed by atoms with Gasteiger partial charge in [-0.1, -0.05) is 50.2 Å². The quantitative estimate of drug-likeness (QED) is 0.415. The zero-order valence-electron chi connectivity index (χ0n) is 15.5. The van der Waals surface area contributed by atoms with E-state index < -0.39 is 0 Å². The Labute approximate surface area is 162 Å². The summed E-state index contributed by atoms with van der Waals surface area (Å²) in [5.74, 6) is 1.40. The fourth-order valence-electron chi connectivity index (χ4n) is 3.23. The van der Waals surface area contributed by atoms with Crippen molar-refractivity contribution in [3.05, 3.63) is 65.3 Å². The largest absolute Gasteiger partial charge is 0.506 e. The summed E-state index contributed by atoms with van der Waals surface area (Å²) < 4.78 is 0. The Morgan fingerprint density at radius 3 is 2.44 bits per heavy atom. The van der Waals surface area contributed by atoms with E-state index in [1.807, 2.05) is 12.1 Å². The SMILES string of the molecule is Cc1sc2ncnc(Nc3ccccc3O)c2c1-c1ccc(C(C)C)cc1. The van der Waals surface area contributed by atoms with Gasteiger partial charge in [0.05, 0.1) is 11.1 Å². The van der Waals surface area contributed by atoms with Crippen molar-refractivity contribution in [3.63, 3.8) is 0 Å². The van der Waals surface area contributed by atoms with E-state index in [2.05, 4.69) is 60.3 Å². The van der Waals surface area contributed by atoms with Gasteiger partial charge in [-0.25, -0.2) is 9.97 Å². The number of nitrogens with one attached hydrogen (secondary N) is 1. The molecule has 0 aliphatic carbocycles. The number of aromatic hydroxyl groups is 1. The Balaban J connectivity index is 1.86. The van der Waals surface area contributed by atoms with Gasteiger partial charge >= 0.3 is 0 Å². The van der Waals surface area contributed by atoms with E-state index in [1.54, 1.807) is 29.8 Å². The normalized spacial score (nSPS) is 11.3. The Morgan fingerprint density at radius 2 is 1.74 bits per heavy atom. The van der Waals surface area contributed by atoms with Gasteiger partial charge in [-0.3, -0.25) is 0 Å². The highest BCUT2D eigenvalue weighted by molar-refractivity contribution is 7.19. The van der Waals surface area contributed by atoms with Gasteiger partial charge in [-0.05, 0) is 36.1 Å². The maximum Gasteiger partial charge on any atom is 0.143 e. The molecule has 0 spiro atoms. The first kappa shape index (κ1) is 17.5. The van der Waals surface area contributed by atoms with Crippen LogP contribution in [0.5, 0.6) is 5.75 Å². The first-order valence-electron chi connectivity index (χ1n) is 8.94. The number of phenolic OH excluding ortho intramolecular Hbond substituents is 1. The van der Waals surface area contributed by atoms with Crippen LogP contribution in [0.1, 0.15) is 30.2 Å². The molecule has 0 aliphatic rings. The van der Waals surface area contributed by atoms with Crippen LogP contribution in [0.15, 0.2) is 54.9 Å². The molecule has 0 aliphatic heterocycles. The van der Waals surface area contributed by atoms with Crippen LogP contribution in [0.3, 0.4) is 0 Å². The van der Waals surface area contributed by atoms with Crippen molar-refractivity contribution in [2.24, 2.45) is 0 Å². The first-order valence-corrected chi connectivity index (χ1v) is 9.75. The first-order chi connectivity index (χ1) is 13.0. The van der Waals surface area contributed by atoms with Crippen molar-refractivity contribution in [2.45, 2.75) is 26.7 Å². The van der Waals surface area contributed by atoms with Crippen molar-refractivity contribution < 1.29 is 5.11 Å². The zero-order valence-corrected chi connectivity index (χ0v) is 16.3. The number of fused-ring (bicyclic) bond motifs is 1. The Kier molecular flexibility index (Phi) is 4.54. The summed E-state index contributed by atoms with van der Waals surface area (Å²) in [6, 6.07) is 15.9. The second-order valence-electron chi connectivity index (χ2n) is 6.85. The average Bonchev–Trinajstić information content (AvgIpc) is 3.00. The summed E-state index contributed by atoms with van der Waals surface area (Å²) in [7, 11) is 0. The number of nitrogens with zero attached hydrogens (tertiary/aromatic N) is 2. The van der Waals surface area contributed by atoms with E-state index >= 15 is 0 Å². The summed E-state index contributed by atoms with van der Waals surface area (Å²) in [6.45, 7) is 6.51. The Morgan fingerprint density at radius 1 is 1.00 bits per heavy atom. The second-order valence-corrected chi connectivity index (χ2v) is 8.06. The molecule has 2 aromatic carbocycles. The second kappa shape index (κ2) is 7.00. The van der Waals surface area contributed by atoms with E-state index in [4.69, 9.17) is 0 Å². The number of hydrogen-bond donors (Lipinski definition) is 2. The van der Waals surface area contributed by atoms with Crippen LogP contribution in [0.2, 0.25) is 0 Å². The Bertz CT molecular complexity index is 1100. The molecule has 0 saturated heterocycles. The number of phenols is 1. The van der Waals surface area contributed by atoms with E-state index in [-0.39, 0.29) is 5.75 Å². The topological polar surface area (TPSA) is 58.0 Å². The summed E-state index contributed by atoms with van der Waals surface area (Å²) >= 11 is 1.66. The van der Waals surface area contributed by atoms with Crippen LogP contribution in [0.4, 0.5) is 11.5 Å². The molecule has 0 saturated carbocycles. The fraction of sp³-hybridized carbons (Fsp3) is 0.182. The minimum Gasteiger partial charge on any atom is -0.506 e. The highest BCUT2D eigenvalue weighted by Crippen LogP contribution is 2.41. The molecule has 0 bridgehead atoms. The molecule has 0 atom stereocenters. The standard InChI is InChI=1S/C22H21N3OS/c1-13(2)15-8-10-16(11-9-15)19-14(3)27-22-20(19)21(23-12-24-22)25-17-6-4-5-7-18(17)26/h4-13,26H,1-3H3,(H,23,24,25). The lowest BCUT2D eigenvalue weighted by Gasteiger charge is -2.11. The summed E-state index contributed by atoms with van der Waals surface area (Å²) in [6.07, 6.45) is 1.56. The molecular formula is C22H21N3OS. The summed E-state index contributed by atoms with van der Waals surface area (Å²) in [5.41, 5.74) is 4.24. The third-order valence-electron chi connectivity index (χ3n) is 4.69. The van der Waals surface area contributed by atoms with Crippen molar-refractivity contribution in [3.8, 4) is 16.9 Å². The molecule has 2 heterocycles. The van der Waals surface area contributed by atoms with Gasteiger partial charge < -0.3 is 10.4 Å². The van der Waals surface area contributed by atoms with Crippen LogP contribution in [-0.2, 0) is 0 Å². The minimum absolute atomic E-state index is 0.194. The molecule has 2 N–H and O–H groups in total. The average molecular weight is 375 g/mol. The third kappa shape index (κ3) is 3.26. The third-order valence-corrected chi connectivity index (χ3v) is 5.70.